The Labute approximate surface area is 125 Å². The van der Waals surface area contributed by atoms with E-state index in [1.54, 1.807) is 6.07 Å². The summed E-state index contributed by atoms with van der Waals surface area (Å²) in [5.74, 6) is 0.427. The average molecular weight is 339 g/mol. The topological polar surface area (TPSA) is 59.7 Å². The fourth-order valence-electron chi connectivity index (χ4n) is 1.82. The van der Waals surface area contributed by atoms with Crippen molar-refractivity contribution in [1.29, 1.82) is 0 Å². The van der Waals surface area contributed by atoms with Gasteiger partial charge >= 0.3 is 5.97 Å². The minimum atomic E-state index is -1.08. The summed E-state index contributed by atoms with van der Waals surface area (Å²) in [6, 6.07) is 8.85. The number of benzene rings is 1. The maximum absolute atomic E-state index is 10.7. The molecule has 0 saturated heterocycles. The summed E-state index contributed by atoms with van der Waals surface area (Å²) >= 11 is 3.44. The Morgan fingerprint density at radius 2 is 2.10 bits per heavy atom. The Morgan fingerprint density at radius 3 is 2.70 bits per heavy atom. The molecule has 0 fully saturated rings. The minimum absolute atomic E-state index is 0.0801. The zero-order valence-corrected chi connectivity index (χ0v) is 12.8. The van der Waals surface area contributed by atoms with Crippen LogP contribution in [0.1, 0.15) is 41.6 Å². The Morgan fingerprint density at radius 1 is 1.35 bits per heavy atom. The molecule has 0 unspecified atom stereocenters. The fraction of sp³-hybridized carbons (Fsp3) is 0.267. The molecule has 0 bridgehead atoms. The maximum atomic E-state index is 10.7. The zero-order chi connectivity index (χ0) is 14.7. The molecule has 0 aliphatic rings. The normalized spacial score (nSPS) is 10.8. The lowest BCUT2D eigenvalue weighted by Crippen LogP contribution is -1.99. The third kappa shape index (κ3) is 3.42. The average Bonchev–Trinajstić information content (AvgIpc) is 2.86. The molecule has 0 atom stereocenters. The van der Waals surface area contributed by atoms with Crippen LogP contribution in [-0.4, -0.2) is 11.1 Å². The molecule has 4 nitrogen and oxygen atoms in total. The second kappa shape index (κ2) is 6.13. The number of hydrogen-bond donors (Lipinski definition) is 1. The number of rotatable bonds is 5. The fourth-order valence-corrected chi connectivity index (χ4v) is 2.20. The number of carboxylic acid groups (broad SMARTS) is 1. The van der Waals surface area contributed by atoms with Crippen molar-refractivity contribution in [3.05, 3.63) is 51.9 Å². The van der Waals surface area contributed by atoms with Crippen LogP contribution in [-0.2, 0) is 6.61 Å². The van der Waals surface area contributed by atoms with Crippen molar-refractivity contribution >= 4 is 21.9 Å². The molecule has 0 saturated carbocycles. The molecule has 0 spiro atoms. The third-order valence-electron chi connectivity index (χ3n) is 2.84. The summed E-state index contributed by atoms with van der Waals surface area (Å²) in [5.41, 5.74) is 1.09. The second-order valence-electron chi connectivity index (χ2n) is 4.70. The van der Waals surface area contributed by atoms with E-state index in [-0.39, 0.29) is 12.4 Å². The molecule has 2 rings (SSSR count). The van der Waals surface area contributed by atoms with Crippen LogP contribution in [0.25, 0.3) is 0 Å². The smallest absolute Gasteiger partial charge is 0.371 e. The lowest BCUT2D eigenvalue weighted by molar-refractivity contribution is 0.0658. The van der Waals surface area contributed by atoms with E-state index in [0.29, 0.717) is 11.7 Å². The van der Waals surface area contributed by atoms with Crippen molar-refractivity contribution in [2.45, 2.75) is 26.4 Å². The number of hydrogen-bond acceptors (Lipinski definition) is 3. The van der Waals surface area contributed by atoms with Gasteiger partial charge in [-0.1, -0.05) is 29.8 Å². The lowest BCUT2D eigenvalue weighted by atomic mass is 10.0. The van der Waals surface area contributed by atoms with E-state index in [1.807, 2.05) is 18.2 Å². The summed E-state index contributed by atoms with van der Waals surface area (Å²) in [4.78, 5) is 10.7. The van der Waals surface area contributed by atoms with Crippen molar-refractivity contribution in [3.8, 4) is 5.75 Å². The van der Waals surface area contributed by atoms with Crippen LogP contribution in [0.5, 0.6) is 5.75 Å². The van der Waals surface area contributed by atoms with Crippen molar-refractivity contribution in [1.82, 2.24) is 0 Å². The molecular weight excluding hydrogens is 324 g/mol. The Balaban J connectivity index is 2.12. The second-order valence-corrected chi connectivity index (χ2v) is 5.61. The maximum Gasteiger partial charge on any atom is 0.371 e. The molecule has 1 aromatic carbocycles. The van der Waals surface area contributed by atoms with Crippen LogP contribution >= 0.6 is 15.9 Å². The molecule has 1 aromatic heterocycles. The van der Waals surface area contributed by atoms with E-state index < -0.39 is 5.97 Å². The van der Waals surface area contributed by atoms with E-state index in [9.17, 15) is 4.79 Å². The first-order valence-electron chi connectivity index (χ1n) is 6.21. The molecule has 5 heteroatoms. The predicted molar refractivity (Wildman–Crippen MR) is 78.2 cm³/mol. The number of carbonyl (C=O) groups is 1. The standard InChI is InChI=1S/C15H15BrO4/c1-9(2)12-7-10(16)3-5-13(12)19-8-11-4-6-14(20-11)15(17)18/h3-7,9H,8H2,1-2H3,(H,17,18). The van der Waals surface area contributed by atoms with Gasteiger partial charge in [-0.3, -0.25) is 0 Å². The Hall–Kier alpha value is -1.75. The Kier molecular flexibility index (Phi) is 4.49. The molecule has 0 aliphatic carbocycles. The van der Waals surface area contributed by atoms with Crippen molar-refractivity contribution in [3.63, 3.8) is 0 Å². The van der Waals surface area contributed by atoms with Gasteiger partial charge in [0.1, 0.15) is 18.1 Å². The minimum Gasteiger partial charge on any atom is -0.485 e. The highest BCUT2D eigenvalue weighted by Gasteiger charge is 2.12. The van der Waals surface area contributed by atoms with Crippen molar-refractivity contribution in [2.24, 2.45) is 0 Å². The van der Waals surface area contributed by atoms with E-state index in [1.165, 1.54) is 6.07 Å². The van der Waals surface area contributed by atoms with Crippen molar-refractivity contribution in [2.75, 3.05) is 0 Å². The first kappa shape index (κ1) is 14.7. The van der Waals surface area contributed by atoms with Crippen LogP contribution in [0.15, 0.2) is 39.2 Å². The molecule has 106 valence electrons. The zero-order valence-electron chi connectivity index (χ0n) is 11.2. The SMILES string of the molecule is CC(C)c1cc(Br)ccc1OCc1ccc(C(=O)O)o1. The number of ether oxygens (including phenoxy) is 1. The highest BCUT2D eigenvalue weighted by Crippen LogP contribution is 2.30. The number of carboxylic acids is 1. The summed E-state index contributed by atoms with van der Waals surface area (Å²) in [6.07, 6.45) is 0. The van der Waals surface area contributed by atoms with Crippen LogP contribution in [0.4, 0.5) is 0 Å². The summed E-state index contributed by atoms with van der Waals surface area (Å²) < 4.78 is 11.9. The summed E-state index contributed by atoms with van der Waals surface area (Å²) in [5, 5.41) is 8.79. The Bertz CT molecular complexity index is 616. The molecular formula is C15H15BrO4. The van der Waals surface area contributed by atoms with E-state index in [0.717, 1.165) is 15.8 Å². The molecule has 1 N–H and O–H groups in total. The summed E-state index contributed by atoms with van der Waals surface area (Å²) in [7, 11) is 0. The number of halogens is 1. The van der Waals surface area contributed by atoms with Gasteiger partial charge in [0.05, 0.1) is 0 Å². The lowest BCUT2D eigenvalue weighted by Gasteiger charge is -2.13. The van der Waals surface area contributed by atoms with Crippen LogP contribution in [0, 0.1) is 0 Å². The van der Waals surface area contributed by atoms with E-state index >= 15 is 0 Å². The molecule has 0 radical (unpaired) electrons. The molecule has 20 heavy (non-hydrogen) atoms. The first-order chi connectivity index (χ1) is 9.47. The number of aromatic carboxylic acids is 1. The van der Waals surface area contributed by atoms with E-state index in [4.69, 9.17) is 14.3 Å². The van der Waals surface area contributed by atoms with Crippen LogP contribution < -0.4 is 4.74 Å². The largest absolute Gasteiger partial charge is 0.485 e. The van der Waals surface area contributed by atoms with Crippen molar-refractivity contribution < 1.29 is 19.1 Å². The van der Waals surface area contributed by atoms with Gasteiger partial charge < -0.3 is 14.3 Å². The van der Waals surface area contributed by atoms with Crippen LogP contribution in [0.3, 0.4) is 0 Å². The van der Waals surface area contributed by atoms with Gasteiger partial charge in [-0.2, -0.15) is 0 Å². The number of furan rings is 1. The molecule has 1 heterocycles. The molecule has 2 aromatic rings. The first-order valence-corrected chi connectivity index (χ1v) is 7.01. The van der Waals surface area contributed by atoms with Gasteiger partial charge in [-0.25, -0.2) is 4.79 Å². The van der Waals surface area contributed by atoms with Gasteiger partial charge in [0.15, 0.2) is 0 Å². The summed E-state index contributed by atoms with van der Waals surface area (Å²) in [6.45, 7) is 4.38. The quantitative estimate of drug-likeness (QED) is 0.875. The van der Waals surface area contributed by atoms with Gasteiger partial charge in [-0.15, -0.1) is 0 Å². The van der Waals surface area contributed by atoms with E-state index in [2.05, 4.69) is 29.8 Å². The molecule has 0 amide bonds. The van der Waals surface area contributed by atoms with Gasteiger partial charge in [0.2, 0.25) is 5.76 Å². The molecule has 0 aliphatic heterocycles. The van der Waals surface area contributed by atoms with Gasteiger partial charge in [0.25, 0.3) is 0 Å². The third-order valence-corrected chi connectivity index (χ3v) is 3.33. The monoisotopic (exact) mass is 338 g/mol. The van der Waals surface area contributed by atoms with Crippen LogP contribution in [0.2, 0.25) is 0 Å². The highest BCUT2D eigenvalue weighted by atomic mass is 79.9. The van der Waals surface area contributed by atoms with Gasteiger partial charge in [-0.05, 0) is 41.8 Å². The predicted octanol–water partition coefficient (Wildman–Crippen LogP) is 4.44. The van der Waals surface area contributed by atoms with Gasteiger partial charge in [0, 0.05) is 4.47 Å². The highest BCUT2D eigenvalue weighted by molar-refractivity contribution is 9.10.